The van der Waals surface area contributed by atoms with E-state index in [1.807, 2.05) is 13.0 Å². The molecule has 1 aromatic carbocycles. The number of halogens is 3. The number of hydrogen-bond acceptors (Lipinski definition) is 2. The number of nitrogens with one attached hydrogen (secondary N) is 1. The Morgan fingerprint density at radius 2 is 2.00 bits per heavy atom. The first-order chi connectivity index (χ1) is 8.06. The lowest BCUT2D eigenvalue weighted by atomic mass is 10.2. The Kier molecular flexibility index (Phi) is 3.50. The summed E-state index contributed by atoms with van der Waals surface area (Å²) in [5.41, 5.74) is 1.64. The summed E-state index contributed by atoms with van der Waals surface area (Å²) in [5, 5.41) is 3.71. The first-order valence-corrected chi connectivity index (χ1v) is 5.66. The first-order valence-electron chi connectivity index (χ1n) is 4.90. The molecule has 1 heterocycles. The quantitative estimate of drug-likeness (QED) is 0.864. The van der Waals surface area contributed by atoms with E-state index in [0.29, 0.717) is 10.7 Å². The minimum Gasteiger partial charge on any atom is -0.338 e. The van der Waals surface area contributed by atoms with Gasteiger partial charge in [0.25, 0.3) is 0 Å². The molecule has 0 unspecified atom stereocenters. The van der Waals surface area contributed by atoms with Crippen LogP contribution in [0.15, 0.2) is 30.5 Å². The zero-order chi connectivity index (χ0) is 12.4. The normalized spacial score (nSPS) is 10.4. The van der Waals surface area contributed by atoms with Gasteiger partial charge in [0.2, 0.25) is 0 Å². The molecule has 0 aliphatic rings. The minimum atomic E-state index is -0.505. The lowest BCUT2D eigenvalue weighted by molar-refractivity contribution is 0.626. The Morgan fingerprint density at radius 1 is 1.24 bits per heavy atom. The van der Waals surface area contributed by atoms with Crippen molar-refractivity contribution in [2.75, 3.05) is 5.32 Å². The summed E-state index contributed by atoms with van der Waals surface area (Å²) < 4.78 is 13.5. The molecule has 2 nitrogen and oxygen atoms in total. The summed E-state index contributed by atoms with van der Waals surface area (Å²) in [5.74, 6) is -0.386. The van der Waals surface area contributed by atoms with E-state index in [1.165, 1.54) is 12.3 Å². The van der Waals surface area contributed by atoms with E-state index < -0.39 is 5.82 Å². The number of benzene rings is 1. The molecule has 0 aliphatic carbocycles. The van der Waals surface area contributed by atoms with E-state index in [-0.39, 0.29) is 10.8 Å². The van der Waals surface area contributed by atoms with Gasteiger partial charge in [-0.05, 0) is 30.7 Å². The van der Waals surface area contributed by atoms with Crippen LogP contribution < -0.4 is 5.32 Å². The summed E-state index contributed by atoms with van der Waals surface area (Å²) in [6.07, 6.45) is 1.38. The third kappa shape index (κ3) is 2.87. The summed E-state index contributed by atoms with van der Waals surface area (Å²) in [4.78, 5) is 3.86. The van der Waals surface area contributed by atoms with E-state index in [2.05, 4.69) is 10.3 Å². The molecule has 0 atom stereocenters. The first kappa shape index (κ1) is 12.1. The molecule has 1 N–H and O–H groups in total. The maximum atomic E-state index is 13.5. The molecular formula is C12H9Cl2FN2. The predicted octanol–water partition coefficient (Wildman–Crippen LogP) is 4.58. The largest absolute Gasteiger partial charge is 0.338 e. The van der Waals surface area contributed by atoms with Gasteiger partial charge >= 0.3 is 0 Å². The van der Waals surface area contributed by atoms with Gasteiger partial charge in [-0.2, -0.15) is 0 Å². The molecule has 0 saturated heterocycles. The van der Waals surface area contributed by atoms with E-state index in [4.69, 9.17) is 23.2 Å². The van der Waals surface area contributed by atoms with Crippen molar-refractivity contribution in [1.29, 1.82) is 0 Å². The summed E-state index contributed by atoms with van der Waals surface area (Å²) in [7, 11) is 0. The highest BCUT2D eigenvalue weighted by Gasteiger charge is 2.05. The molecule has 2 rings (SSSR count). The predicted molar refractivity (Wildman–Crippen MR) is 68.7 cm³/mol. The van der Waals surface area contributed by atoms with Gasteiger partial charge in [-0.1, -0.05) is 29.3 Å². The average molecular weight is 271 g/mol. The third-order valence-electron chi connectivity index (χ3n) is 2.24. The van der Waals surface area contributed by atoms with Crippen LogP contribution in [0.2, 0.25) is 10.0 Å². The van der Waals surface area contributed by atoms with Crippen molar-refractivity contribution in [3.05, 3.63) is 51.9 Å². The highest BCUT2D eigenvalue weighted by Crippen LogP contribution is 2.24. The summed E-state index contributed by atoms with van der Waals surface area (Å²) in [6, 6.07) is 6.56. The Bertz CT molecular complexity index is 558. The molecule has 1 aromatic heterocycles. The number of aryl methyl sites for hydroxylation is 1. The van der Waals surface area contributed by atoms with Crippen LogP contribution in [-0.4, -0.2) is 4.98 Å². The van der Waals surface area contributed by atoms with Crippen molar-refractivity contribution in [3.8, 4) is 0 Å². The number of nitrogens with zero attached hydrogens (tertiary/aromatic N) is 1. The van der Waals surface area contributed by atoms with Gasteiger partial charge in [-0.3, -0.25) is 0 Å². The van der Waals surface area contributed by atoms with Crippen LogP contribution in [0.1, 0.15) is 5.56 Å². The maximum absolute atomic E-state index is 13.5. The zero-order valence-corrected chi connectivity index (χ0v) is 10.5. The van der Waals surface area contributed by atoms with Crippen molar-refractivity contribution in [2.24, 2.45) is 0 Å². The van der Waals surface area contributed by atoms with Gasteiger partial charge in [0.05, 0.1) is 5.02 Å². The van der Waals surface area contributed by atoms with E-state index >= 15 is 0 Å². The fraction of sp³-hybridized carbons (Fsp3) is 0.0833. The molecule has 0 aliphatic heterocycles. The van der Waals surface area contributed by atoms with Crippen molar-refractivity contribution in [1.82, 2.24) is 4.98 Å². The molecular weight excluding hydrogens is 262 g/mol. The summed E-state index contributed by atoms with van der Waals surface area (Å²) in [6.45, 7) is 1.90. The van der Waals surface area contributed by atoms with Crippen LogP contribution in [0.4, 0.5) is 15.9 Å². The molecule has 0 spiro atoms. The Morgan fingerprint density at radius 3 is 2.65 bits per heavy atom. The van der Waals surface area contributed by atoms with Gasteiger partial charge < -0.3 is 5.32 Å². The lowest BCUT2D eigenvalue weighted by Crippen LogP contribution is -1.97. The Labute approximate surface area is 108 Å². The van der Waals surface area contributed by atoms with Gasteiger partial charge in [-0.15, -0.1) is 0 Å². The van der Waals surface area contributed by atoms with E-state index in [9.17, 15) is 4.39 Å². The number of hydrogen-bond donors (Lipinski definition) is 1. The molecule has 88 valence electrons. The second kappa shape index (κ2) is 4.90. The maximum Gasteiger partial charge on any atom is 0.167 e. The number of aromatic nitrogens is 1. The van der Waals surface area contributed by atoms with Gasteiger partial charge in [-0.25, -0.2) is 9.37 Å². The standard InChI is InChI=1S/C12H9Cl2FN2/c1-7-2-3-9(5-10(7)14)17-12-11(15)4-8(13)6-16-12/h2-6H,1H3,(H,16,17). The van der Waals surface area contributed by atoms with Crippen molar-refractivity contribution in [3.63, 3.8) is 0 Å². The molecule has 2 aromatic rings. The van der Waals surface area contributed by atoms with Crippen LogP contribution in [-0.2, 0) is 0 Å². The van der Waals surface area contributed by atoms with Crippen LogP contribution in [0.3, 0.4) is 0 Å². The number of rotatable bonds is 2. The smallest absolute Gasteiger partial charge is 0.167 e. The zero-order valence-electron chi connectivity index (χ0n) is 8.97. The lowest BCUT2D eigenvalue weighted by Gasteiger charge is -2.08. The van der Waals surface area contributed by atoms with Crippen LogP contribution >= 0.6 is 23.2 Å². The van der Waals surface area contributed by atoms with E-state index in [1.54, 1.807) is 12.1 Å². The fourth-order valence-electron chi connectivity index (χ4n) is 1.31. The fourth-order valence-corrected chi connectivity index (χ4v) is 1.64. The monoisotopic (exact) mass is 270 g/mol. The van der Waals surface area contributed by atoms with Gasteiger partial charge in [0.15, 0.2) is 11.6 Å². The molecule has 0 bridgehead atoms. The second-order valence-corrected chi connectivity index (χ2v) is 4.42. The Balaban J connectivity index is 2.28. The molecule has 0 saturated carbocycles. The molecule has 0 amide bonds. The Hall–Kier alpha value is -1.32. The minimum absolute atomic E-state index is 0.120. The highest BCUT2D eigenvalue weighted by molar-refractivity contribution is 6.31. The van der Waals surface area contributed by atoms with Crippen molar-refractivity contribution in [2.45, 2.75) is 6.92 Å². The second-order valence-electron chi connectivity index (χ2n) is 3.57. The topological polar surface area (TPSA) is 24.9 Å². The average Bonchev–Trinajstić information content (AvgIpc) is 2.27. The van der Waals surface area contributed by atoms with Gasteiger partial charge in [0, 0.05) is 16.9 Å². The molecule has 5 heteroatoms. The van der Waals surface area contributed by atoms with E-state index in [0.717, 1.165) is 5.56 Å². The van der Waals surface area contributed by atoms with Gasteiger partial charge in [0.1, 0.15) is 0 Å². The highest BCUT2D eigenvalue weighted by atomic mass is 35.5. The molecule has 0 fully saturated rings. The number of pyridine rings is 1. The SMILES string of the molecule is Cc1ccc(Nc2ncc(Cl)cc2F)cc1Cl. The molecule has 17 heavy (non-hydrogen) atoms. The van der Waals surface area contributed by atoms with Crippen LogP contribution in [0.5, 0.6) is 0 Å². The third-order valence-corrected chi connectivity index (χ3v) is 2.86. The van der Waals surface area contributed by atoms with Crippen LogP contribution in [0, 0.1) is 12.7 Å². The summed E-state index contributed by atoms with van der Waals surface area (Å²) >= 11 is 11.6. The van der Waals surface area contributed by atoms with Crippen molar-refractivity contribution >= 4 is 34.7 Å². The number of anilines is 2. The van der Waals surface area contributed by atoms with Crippen molar-refractivity contribution < 1.29 is 4.39 Å². The van der Waals surface area contributed by atoms with Crippen LogP contribution in [0.25, 0.3) is 0 Å². The molecule has 0 radical (unpaired) electrons.